The summed E-state index contributed by atoms with van der Waals surface area (Å²) in [6, 6.07) is 14.6. The Morgan fingerprint density at radius 2 is 1.91 bits per heavy atom. The van der Waals surface area contributed by atoms with Crippen LogP contribution in [0.4, 0.5) is 10.5 Å². The van der Waals surface area contributed by atoms with Gasteiger partial charge < -0.3 is 20.1 Å². The molecule has 6 heteroatoms. The minimum absolute atomic E-state index is 0.0500. The molecule has 0 aliphatic rings. The predicted octanol–water partition coefficient (Wildman–Crippen LogP) is 3.58. The number of carbonyl (C=O) groups excluding carboxylic acids is 1. The van der Waals surface area contributed by atoms with Crippen LogP contribution >= 0.6 is 11.8 Å². The fourth-order valence-electron chi connectivity index (χ4n) is 1.79. The van der Waals surface area contributed by atoms with Crippen molar-refractivity contribution in [3.63, 3.8) is 0 Å². The molecule has 0 spiro atoms. The van der Waals surface area contributed by atoms with E-state index in [1.54, 1.807) is 31.0 Å². The summed E-state index contributed by atoms with van der Waals surface area (Å²) in [4.78, 5) is 12.9. The molecule has 0 fully saturated rings. The van der Waals surface area contributed by atoms with Crippen LogP contribution in [0.3, 0.4) is 0 Å². The Balaban J connectivity index is 1.82. The largest absolute Gasteiger partial charge is 0.493 e. The van der Waals surface area contributed by atoms with Crippen LogP contribution in [-0.4, -0.2) is 26.1 Å². The molecule has 0 heterocycles. The van der Waals surface area contributed by atoms with Crippen LogP contribution in [0.1, 0.15) is 0 Å². The predicted molar refractivity (Wildman–Crippen MR) is 88.9 cm³/mol. The van der Waals surface area contributed by atoms with Gasteiger partial charge in [-0.25, -0.2) is 4.79 Å². The summed E-state index contributed by atoms with van der Waals surface area (Å²) in [5, 5.41) is 5.39. The Bertz CT molecular complexity index is 634. The average Bonchev–Trinajstić information content (AvgIpc) is 2.55. The third-order valence-corrected chi connectivity index (χ3v) is 3.58. The van der Waals surface area contributed by atoms with Crippen molar-refractivity contribution in [1.29, 1.82) is 0 Å². The highest BCUT2D eigenvalue weighted by molar-refractivity contribution is 7.98. The van der Waals surface area contributed by atoms with Crippen molar-refractivity contribution in [2.24, 2.45) is 0 Å². The summed E-state index contributed by atoms with van der Waals surface area (Å²) in [5.74, 6) is 1.20. The Morgan fingerprint density at radius 3 is 2.64 bits per heavy atom. The number of anilines is 1. The van der Waals surface area contributed by atoms with E-state index in [9.17, 15) is 4.79 Å². The van der Waals surface area contributed by atoms with Gasteiger partial charge in [-0.3, -0.25) is 0 Å². The lowest BCUT2D eigenvalue weighted by Crippen LogP contribution is -2.32. The fraction of sp³-hybridized carbons (Fsp3) is 0.188. The quantitative estimate of drug-likeness (QED) is 0.631. The zero-order valence-electron chi connectivity index (χ0n) is 12.5. The fourth-order valence-corrected chi connectivity index (χ4v) is 2.25. The van der Waals surface area contributed by atoms with Gasteiger partial charge in [0.25, 0.3) is 0 Å². The zero-order valence-corrected chi connectivity index (χ0v) is 13.3. The van der Waals surface area contributed by atoms with Crippen LogP contribution in [-0.2, 0) is 0 Å². The summed E-state index contributed by atoms with van der Waals surface area (Å²) in [6.07, 6.45) is 1.99. The van der Waals surface area contributed by atoms with E-state index in [1.807, 2.05) is 42.7 Å². The molecule has 116 valence electrons. The van der Waals surface area contributed by atoms with E-state index in [0.29, 0.717) is 11.5 Å². The molecule has 2 aromatic rings. The molecule has 0 radical (unpaired) electrons. The zero-order chi connectivity index (χ0) is 15.8. The lowest BCUT2D eigenvalue weighted by molar-refractivity contribution is 0.231. The molecule has 0 aliphatic carbocycles. The normalized spacial score (nSPS) is 9.91. The lowest BCUT2D eigenvalue weighted by Gasteiger charge is -2.12. The maximum absolute atomic E-state index is 11.8. The number of ether oxygens (including phenoxy) is 2. The maximum atomic E-state index is 11.8. The van der Waals surface area contributed by atoms with Gasteiger partial charge in [-0.15, -0.1) is 11.8 Å². The number of hydrogen-bond acceptors (Lipinski definition) is 4. The second-order valence-electron chi connectivity index (χ2n) is 4.30. The SMILES string of the molecule is COc1ccccc1OCNC(=O)Nc1cccc(SC)c1. The number of para-hydroxylation sites is 2. The van der Waals surface area contributed by atoms with Crippen molar-refractivity contribution >= 4 is 23.5 Å². The molecule has 0 aromatic heterocycles. The van der Waals surface area contributed by atoms with Crippen molar-refractivity contribution in [2.45, 2.75) is 4.90 Å². The van der Waals surface area contributed by atoms with Gasteiger partial charge in [-0.2, -0.15) is 0 Å². The van der Waals surface area contributed by atoms with Crippen LogP contribution < -0.4 is 20.1 Å². The molecule has 5 nitrogen and oxygen atoms in total. The summed E-state index contributed by atoms with van der Waals surface area (Å²) in [7, 11) is 1.57. The van der Waals surface area contributed by atoms with Crippen molar-refractivity contribution in [3.05, 3.63) is 48.5 Å². The summed E-state index contributed by atoms with van der Waals surface area (Å²) >= 11 is 1.62. The molecule has 2 N–H and O–H groups in total. The van der Waals surface area contributed by atoms with Crippen LogP contribution in [0.2, 0.25) is 0 Å². The molecule has 22 heavy (non-hydrogen) atoms. The van der Waals surface area contributed by atoms with Gasteiger partial charge in [0.1, 0.15) is 0 Å². The van der Waals surface area contributed by atoms with E-state index in [0.717, 1.165) is 10.6 Å². The highest BCUT2D eigenvalue weighted by atomic mass is 32.2. The summed E-state index contributed by atoms with van der Waals surface area (Å²) < 4.78 is 10.6. The Kier molecular flexibility index (Phi) is 5.97. The second kappa shape index (κ2) is 8.19. The molecular weight excluding hydrogens is 300 g/mol. The summed E-state index contributed by atoms with van der Waals surface area (Å²) in [5.41, 5.74) is 0.738. The molecule has 2 rings (SSSR count). The third-order valence-electron chi connectivity index (χ3n) is 2.86. The van der Waals surface area contributed by atoms with Crippen molar-refractivity contribution in [3.8, 4) is 11.5 Å². The minimum Gasteiger partial charge on any atom is -0.493 e. The van der Waals surface area contributed by atoms with Crippen LogP contribution in [0.15, 0.2) is 53.4 Å². The van der Waals surface area contributed by atoms with Gasteiger partial charge in [-0.05, 0) is 36.6 Å². The first-order chi connectivity index (χ1) is 10.7. The van der Waals surface area contributed by atoms with E-state index < -0.39 is 0 Å². The molecule has 2 aromatic carbocycles. The number of rotatable bonds is 6. The molecule has 0 atom stereocenters. The Hall–Kier alpha value is -2.34. The number of hydrogen-bond donors (Lipinski definition) is 2. The Morgan fingerprint density at radius 1 is 1.14 bits per heavy atom. The van der Waals surface area contributed by atoms with Gasteiger partial charge in [0.15, 0.2) is 18.2 Å². The molecule has 2 amide bonds. The minimum atomic E-state index is -0.326. The number of nitrogens with one attached hydrogen (secondary N) is 2. The van der Waals surface area contributed by atoms with Gasteiger partial charge in [0.05, 0.1) is 7.11 Å². The van der Waals surface area contributed by atoms with E-state index in [2.05, 4.69) is 10.6 Å². The van der Waals surface area contributed by atoms with Crippen molar-refractivity contribution in [2.75, 3.05) is 25.4 Å². The van der Waals surface area contributed by atoms with E-state index >= 15 is 0 Å². The van der Waals surface area contributed by atoms with Crippen molar-refractivity contribution < 1.29 is 14.3 Å². The van der Waals surface area contributed by atoms with Crippen LogP contribution in [0.25, 0.3) is 0 Å². The number of methoxy groups -OCH3 is 1. The maximum Gasteiger partial charge on any atom is 0.321 e. The molecule has 0 saturated carbocycles. The van der Waals surface area contributed by atoms with Gasteiger partial charge >= 0.3 is 6.03 Å². The van der Waals surface area contributed by atoms with E-state index in [1.165, 1.54) is 0 Å². The third kappa shape index (κ3) is 4.60. The van der Waals surface area contributed by atoms with E-state index in [-0.39, 0.29) is 12.8 Å². The monoisotopic (exact) mass is 318 g/mol. The number of benzene rings is 2. The first-order valence-electron chi connectivity index (χ1n) is 6.67. The van der Waals surface area contributed by atoms with Gasteiger partial charge in [0.2, 0.25) is 0 Å². The highest BCUT2D eigenvalue weighted by Gasteiger charge is 2.05. The van der Waals surface area contributed by atoms with Crippen LogP contribution in [0, 0.1) is 0 Å². The molecular formula is C16H18N2O3S. The topological polar surface area (TPSA) is 59.6 Å². The second-order valence-corrected chi connectivity index (χ2v) is 5.18. The molecule has 0 bridgehead atoms. The molecule has 0 unspecified atom stereocenters. The first-order valence-corrected chi connectivity index (χ1v) is 7.90. The Labute approximate surface area is 134 Å². The number of amides is 2. The van der Waals surface area contributed by atoms with Gasteiger partial charge in [0, 0.05) is 10.6 Å². The first kappa shape index (κ1) is 16.0. The number of urea groups is 1. The molecule has 0 saturated heterocycles. The van der Waals surface area contributed by atoms with Crippen molar-refractivity contribution in [1.82, 2.24) is 5.32 Å². The average molecular weight is 318 g/mol. The van der Waals surface area contributed by atoms with Crippen LogP contribution in [0.5, 0.6) is 11.5 Å². The van der Waals surface area contributed by atoms with Gasteiger partial charge in [-0.1, -0.05) is 18.2 Å². The standard InChI is InChI=1S/C16H18N2O3S/c1-20-14-8-3-4-9-15(14)21-11-17-16(19)18-12-6-5-7-13(10-12)22-2/h3-10H,11H2,1-2H3,(H2,17,18,19). The lowest BCUT2D eigenvalue weighted by atomic mass is 10.3. The summed E-state index contributed by atoms with van der Waals surface area (Å²) in [6.45, 7) is 0.0500. The highest BCUT2D eigenvalue weighted by Crippen LogP contribution is 2.25. The number of carbonyl (C=O) groups is 1. The molecule has 0 aliphatic heterocycles. The van der Waals surface area contributed by atoms with E-state index in [4.69, 9.17) is 9.47 Å². The number of thioether (sulfide) groups is 1. The smallest absolute Gasteiger partial charge is 0.321 e.